The van der Waals surface area contributed by atoms with Crippen molar-refractivity contribution in [3.8, 4) is 0 Å². The van der Waals surface area contributed by atoms with E-state index in [0.717, 1.165) is 5.56 Å². The number of nitrogens with one attached hydrogen (secondary N) is 1. The van der Waals surface area contributed by atoms with Crippen molar-refractivity contribution in [2.75, 3.05) is 5.73 Å². The molecule has 0 spiro atoms. The maximum atomic E-state index is 10.9. The maximum absolute atomic E-state index is 10.9. The number of carbonyl (C=O) groups excluding carboxylic acids is 1. The highest BCUT2D eigenvalue weighted by atomic mass is 16.1. The van der Waals surface area contributed by atoms with Crippen LogP contribution in [-0.2, 0) is 11.3 Å². The summed E-state index contributed by atoms with van der Waals surface area (Å²) in [6.07, 6.45) is 2.16. The topological polar surface area (TPSA) is 68.0 Å². The highest BCUT2D eigenvalue weighted by Crippen LogP contribution is 2.00. The van der Waals surface area contributed by atoms with Crippen molar-refractivity contribution in [2.24, 2.45) is 0 Å². The molecule has 0 saturated heterocycles. The first-order valence-corrected chi connectivity index (χ1v) is 4.19. The lowest BCUT2D eigenvalue weighted by atomic mass is 10.3. The van der Waals surface area contributed by atoms with Crippen molar-refractivity contribution in [1.82, 2.24) is 10.3 Å². The van der Waals surface area contributed by atoms with E-state index in [9.17, 15) is 4.79 Å². The van der Waals surface area contributed by atoms with Gasteiger partial charge in [0.15, 0.2) is 0 Å². The Morgan fingerprint density at radius 2 is 2.38 bits per heavy atom. The van der Waals surface area contributed by atoms with Gasteiger partial charge in [-0.3, -0.25) is 4.79 Å². The van der Waals surface area contributed by atoms with Crippen molar-refractivity contribution in [1.29, 1.82) is 0 Å². The van der Waals surface area contributed by atoms with Crippen LogP contribution in [0.1, 0.15) is 18.9 Å². The van der Waals surface area contributed by atoms with Gasteiger partial charge in [0.05, 0.1) is 0 Å². The predicted molar refractivity (Wildman–Crippen MR) is 50.8 cm³/mol. The second-order valence-corrected chi connectivity index (χ2v) is 2.72. The molecule has 1 amide bonds. The van der Waals surface area contributed by atoms with Crippen LogP contribution in [0.25, 0.3) is 0 Å². The molecule has 0 radical (unpaired) electrons. The molecule has 0 aliphatic heterocycles. The van der Waals surface area contributed by atoms with Gasteiger partial charge in [0.1, 0.15) is 5.82 Å². The van der Waals surface area contributed by atoms with Crippen LogP contribution in [0.2, 0.25) is 0 Å². The summed E-state index contributed by atoms with van der Waals surface area (Å²) in [5.41, 5.74) is 6.36. The summed E-state index contributed by atoms with van der Waals surface area (Å²) < 4.78 is 0. The minimum absolute atomic E-state index is 0.0387. The average molecular weight is 179 g/mol. The van der Waals surface area contributed by atoms with Crippen LogP contribution in [0.5, 0.6) is 0 Å². The van der Waals surface area contributed by atoms with Crippen LogP contribution in [0, 0.1) is 0 Å². The smallest absolute Gasteiger partial charge is 0.219 e. The number of nitrogen functional groups attached to an aromatic ring is 1. The van der Waals surface area contributed by atoms with E-state index in [1.165, 1.54) is 0 Å². The molecule has 0 aliphatic rings. The molecular weight excluding hydrogens is 166 g/mol. The fourth-order valence-electron chi connectivity index (χ4n) is 0.866. The van der Waals surface area contributed by atoms with Crippen LogP contribution in [-0.4, -0.2) is 10.9 Å². The molecule has 0 bridgehead atoms. The van der Waals surface area contributed by atoms with Gasteiger partial charge >= 0.3 is 0 Å². The third-order valence-corrected chi connectivity index (χ3v) is 1.66. The highest BCUT2D eigenvalue weighted by Gasteiger charge is 1.97. The summed E-state index contributed by atoms with van der Waals surface area (Å²) in [6.45, 7) is 2.33. The number of hydrogen-bond acceptors (Lipinski definition) is 3. The summed E-state index contributed by atoms with van der Waals surface area (Å²) >= 11 is 0. The number of carbonyl (C=O) groups is 1. The molecule has 3 N–H and O–H groups in total. The van der Waals surface area contributed by atoms with Crippen molar-refractivity contribution in [3.05, 3.63) is 23.9 Å². The number of amides is 1. The Morgan fingerprint density at radius 3 is 2.92 bits per heavy atom. The lowest BCUT2D eigenvalue weighted by molar-refractivity contribution is -0.120. The molecule has 0 aliphatic carbocycles. The van der Waals surface area contributed by atoms with Crippen molar-refractivity contribution in [3.63, 3.8) is 0 Å². The van der Waals surface area contributed by atoms with E-state index in [-0.39, 0.29) is 5.91 Å². The van der Waals surface area contributed by atoms with Gasteiger partial charge in [0.25, 0.3) is 0 Å². The zero-order valence-electron chi connectivity index (χ0n) is 7.58. The molecule has 0 unspecified atom stereocenters. The number of hydrogen-bond donors (Lipinski definition) is 2. The lowest BCUT2D eigenvalue weighted by Crippen LogP contribution is -2.21. The molecule has 0 saturated carbocycles. The summed E-state index contributed by atoms with van der Waals surface area (Å²) in [6, 6.07) is 3.56. The summed E-state index contributed by atoms with van der Waals surface area (Å²) in [5, 5.41) is 2.75. The third-order valence-electron chi connectivity index (χ3n) is 1.66. The molecule has 1 heterocycles. The van der Waals surface area contributed by atoms with E-state index < -0.39 is 0 Å². The second kappa shape index (κ2) is 4.45. The predicted octanol–water partition coefficient (Wildman–Crippen LogP) is 0.690. The van der Waals surface area contributed by atoms with E-state index in [0.29, 0.717) is 18.8 Å². The van der Waals surface area contributed by atoms with Gasteiger partial charge in [-0.2, -0.15) is 0 Å². The highest BCUT2D eigenvalue weighted by molar-refractivity contribution is 5.75. The largest absolute Gasteiger partial charge is 0.384 e. The van der Waals surface area contributed by atoms with Gasteiger partial charge < -0.3 is 11.1 Å². The van der Waals surface area contributed by atoms with Gasteiger partial charge in [-0.25, -0.2) is 4.98 Å². The Hall–Kier alpha value is -1.58. The molecule has 4 nitrogen and oxygen atoms in total. The molecule has 4 heteroatoms. The van der Waals surface area contributed by atoms with Gasteiger partial charge in [-0.05, 0) is 11.6 Å². The molecule has 1 aromatic heterocycles. The lowest BCUT2D eigenvalue weighted by Gasteiger charge is -2.02. The second-order valence-electron chi connectivity index (χ2n) is 2.72. The molecule has 70 valence electrons. The van der Waals surface area contributed by atoms with Crippen LogP contribution >= 0.6 is 0 Å². The van der Waals surface area contributed by atoms with Crippen molar-refractivity contribution >= 4 is 11.7 Å². The number of aromatic nitrogens is 1. The Morgan fingerprint density at radius 1 is 1.62 bits per heavy atom. The first-order valence-electron chi connectivity index (χ1n) is 4.19. The van der Waals surface area contributed by atoms with Crippen molar-refractivity contribution in [2.45, 2.75) is 19.9 Å². The van der Waals surface area contributed by atoms with Gasteiger partial charge in [-0.1, -0.05) is 13.0 Å². The number of nitrogens with two attached hydrogens (primary N) is 1. The Balaban J connectivity index is 2.46. The van der Waals surface area contributed by atoms with Gasteiger partial charge in [0, 0.05) is 19.2 Å². The van der Waals surface area contributed by atoms with E-state index in [1.807, 2.05) is 13.0 Å². The van der Waals surface area contributed by atoms with Crippen LogP contribution in [0.4, 0.5) is 5.82 Å². The quantitative estimate of drug-likeness (QED) is 0.717. The number of pyridine rings is 1. The standard InChI is InChI=1S/C9H13N3O/c1-2-9(13)12-6-7-3-4-8(10)11-5-7/h3-5H,2,6H2,1H3,(H2,10,11)(H,12,13). The number of rotatable bonds is 3. The van der Waals surface area contributed by atoms with E-state index >= 15 is 0 Å². The Kier molecular flexibility index (Phi) is 3.25. The minimum Gasteiger partial charge on any atom is -0.384 e. The van der Waals surface area contributed by atoms with E-state index in [1.54, 1.807) is 12.3 Å². The maximum Gasteiger partial charge on any atom is 0.219 e. The van der Waals surface area contributed by atoms with Gasteiger partial charge in [0.2, 0.25) is 5.91 Å². The fraction of sp³-hybridized carbons (Fsp3) is 0.333. The van der Waals surface area contributed by atoms with Crippen LogP contribution in [0.15, 0.2) is 18.3 Å². The van der Waals surface area contributed by atoms with E-state index in [2.05, 4.69) is 10.3 Å². The molecule has 0 atom stereocenters. The summed E-state index contributed by atoms with van der Waals surface area (Å²) in [4.78, 5) is 14.8. The SMILES string of the molecule is CCC(=O)NCc1ccc(N)nc1. The zero-order chi connectivity index (χ0) is 9.68. The summed E-state index contributed by atoms with van der Waals surface area (Å²) in [5.74, 6) is 0.530. The first-order chi connectivity index (χ1) is 6.22. The fourth-order valence-corrected chi connectivity index (χ4v) is 0.866. The van der Waals surface area contributed by atoms with Crippen LogP contribution in [0.3, 0.4) is 0 Å². The van der Waals surface area contributed by atoms with Crippen molar-refractivity contribution < 1.29 is 4.79 Å². The Bertz CT molecular complexity index is 281. The molecule has 1 rings (SSSR count). The molecule has 1 aromatic rings. The molecular formula is C9H13N3O. The molecule has 0 aromatic carbocycles. The number of nitrogens with zero attached hydrogens (tertiary/aromatic N) is 1. The Labute approximate surface area is 77.2 Å². The normalized spacial score (nSPS) is 9.62. The van der Waals surface area contributed by atoms with Gasteiger partial charge in [-0.15, -0.1) is 0 Å². The average Bonchev–Trinajstić information content (AvgIpc) is 2.16. The first kappa shape index (κ1) is 9.51. The number of anilines is 1. The monoisotopic (exact) mass is 179 g/mol. The summed E-state index contributed by atoms with van der Waals surface area (Å²) in [7, 11) is 0. The minimum atomic E-state index is 0.0387. The molecule has 13 heavy (non-hydrogen) atoms. The van der Waals surface area contributed by atoms with Crippen LogP contribution < -0.4 is 11.1 Å². The van der Waals surface area contributed by atoms with E-state index in [4.69, 9.17) is 5.73 Å². The molecule has 0 fully saturated rings. The third kappa shape index (κ3) is 3.11. The zero-order valence-corrected chi connectivity index (χ0v) is 7.58.